The summed E-state index contributed by atoms with van der Waals surface area (Å²) in [5.74, 6) is -1.38. The largest absolute Gasteiger partial charge is 0.365 e. The molecule has 0 spiro atoms. The zero-order chi connectivity index (χ0) is 23.3. The molecule has 0 aliphatic rings. The van der Waals surface area contributed by atoms with Gasteiger partial charge in [0.1, 0.15) is 12.5 Å². The molecule has 0 fully saturated rings. The maximum absolute atomic E-state index is 14.7. The molecule has 10 heteroatoms. The number of nitrogens with zero attached hydrogens (tertiary/aromatic N) is 3. The van der Waals surface area contributed by atoms with E-state index in [1.54, 1.807) is 29.1 Å². The van der Waals surface area contributed by atoms with E-state index in [1.165, 1.54) is 0 Å². The highest BCUT2D eigenvalue weighted by Crippen LogP contribution is 2.27. The van der Waals surface area contributed by atoms with E-state index in [2.05, 4.69) is 27.6 Å². The Kier molecular flexibility index (Phi) is 7.57. The molecule has 0 aliphatic carbocycles. The van der Waals surface area contributed by atoms with Crippen LogP contribution in [0.3, 0.4) is 0 Å². The maximum Gasteiger partial charge on any atom is 0.252 e. The number of primary amides is 1. The normalized spacial score (nSPS) is 13.2. The molecule has 0 radical (unpaired) electrons. The lowest BCUT2D eigenvalue weighted by atomic mass is 10.0. The Morgan fingerprint density at radius 1 is 1.28 bits per heavy atom. The van der Waals surface area contributed by atoms with E-state index < -0.39 is 18.4 Å². The molecular formula is C22H29F2N7O. The molecule has 2 heterocycles. The number of unbranched alkanes of at least 4 members (excludes halogenated alkanes) is 1. The van der Waals surface area contributed by atoms with Crippen LogP contribution >= 0.6 is 0 Å². The first-order valence-corrected chi connectivity index (χ1v) is 10.6. The highest BCUT2D eigenvalue weighted by Gasteiger charge is 2.20. The summed E-state index contributed by atoms with van der Waals surface area (Å²) >= 11 is 0. The number of anilines is 3. The molecule has 0 aliphatic heterocycles. The number of halogens is 2. The molecule has 1 aromatic carbocycles. The summed E-state index contributed by atoms with van der Waals surface area (Å²) in [5, 5.41) is 11.1. The van der Waals surface area contributed by atoms with Crippen molar-refractivity contribution in [2.24, 2.45) is 11.5 Å². The average Bonchev–Trinajstić information content (AvgIpc) is 3.15. The van der Waals surface area contributed by atoms with Crippen molar-refractivity contribution in [1.82, 2.24) is 14.8 Å². The molecule has 6 N–H and O–H groups in total. The van der Waals surface area contributed by atoms with Gasteiger partial charge in [0, 0.05) is 23.2 Å². The highest BCUT2D eigenvalue weighted by molar-refractivity contribution is 5.99. The molecule has 32 heavy (non-hydrogen) atoms. The Bertz CT molecular complexity index is 1080. The third-order valence-electron chi connectivity index (χ3n) is 5.27. The number of carbonyl (C=O) groups is 1. The number of nitrogens with one attached hydrogen (secondary N) is 2. The highest BCUT2D eigenvalue weighted by atomic mass is 19.1. The van der Waals surface area contributed by atoms with E-state index >= 15 is 0 Å². The van der Waals surface area contributed by atoms with Crippen LogP contribution in [0.2, 0.25) is 0 Å². The van der Waals surface area contributed by atoms with Gasteiger partial charge in [-0.1, -0.05) is 19.8 Å². The van der Waals surface area contributed by atoms with Crippen molar-refractivity contribution in [3.63, 3.8) is 0 Å². The summed E-state index contributed by atoms with van der Waals surface area (Å²) in [5.41, 5.74) is 12.8. The zero-order valence-corrected chi connectivity index (χ0v) is 18.2. The third-order valence-corrected chi connectivity index (χ3v) is 5.27. The van der Waals surface area contributed by atoms with Gasteiger partial charge in [-0.25, -0.2) is 13.8 Å². The third kappa shape index (κ3) is 5.31. The smallest absolute Gasteiger partial charge is 0.252 e. The van der Waals surface area contributed by atoms with Gasteiger partial charge in [0.15, 0.2) is 11.6 Å². The van der Waals surface area contributed by atoms with Crippen LogP contribution < -0.4 is 22.1 Å². The summed E-state index contributed by atoms with van der Waals surface area (Å²) in [6, 6.07) is 5.97. The zero-order valence-electron chi connectivity index (χ0n) is 18.2. The lowest BCUT2D eigenvalue weighted by Gasteiger charge is -2.23. The summed E-state index contributed by atoms with van der Waals surface area (Å²) in [6.45, 7) is 3.56. The molecule has 3 aromatic rings. The SMILES string of the molecule is CCCC[C@@H](Nc1nc(Nc2ccc3c(cnn3CCF)c2)c(C(N)=O)cc1F)[C@H](C)N. The molecule has 0 saturated heterocycles. The number of aromatic nitrogens is 3. The average molecular weight is 446 g/mol. The standard InChI is InChI=1S/C22H29F2N7O/c1-3-4-5-18(13(2)25)29-22-17(24)11-16(20(26)32)21(30-22)28-15-6-7-19-14(10-15)12-27-31(19)9-8-23/h6-7,10-13,18H,3-5,8-9,25H2,1-2H3,(H2,26,32)(H2,28,29,30)/t13-,18+/m0/s1. The van der Waals surface area contributed by atoms with Gasteiger partial charge in [-0.15, -0.1) is 0 Å². The van der Waals surface area contributed by atoms with Crippen molar-refractivity contribution in [2.75, 3.05) is 17.3 Å². The van der Waals surface area contributed by atoms with E-state index in [1.807, 2.05) is 6.92 Å². The minimum atomic E-state index is -0.808. The number of benzene rings is 1. The first kappa shape index (κ1) is 23.4. The number of nitrogens with two attached hydrogens (primary N) is 2. The second-order valence-corrected chi connectivity index (χ2v) is 7.79. The Morgan fingerprint density at radius 2 is 2.06 bits per heavy atom. The first-order chi connectivity index (χ1) is 15.3. The van der Waals surface area contributed by atoms with E-state index in [0.717, 1.165) is 36.2 Å². The molecular weight excluding hydrogens is 416 g/mol. The lowest BCUT2D eigenvalue weighted by molar-refractivity contribution is 0.100. The number of hydrogen-bond acceptors (Lipinski definition) is 6. The molecule has 8 nitrogen and oxygen atoms in total. The van der Waals surface area contributed by atoms with Crippen LogP contribution in [0.1, 0.15) is 43.5 Å². The number of fused-ring (bicyclic) bond motifs is 1. The van der Waals surface area contributed by atoms with Crippen molar-refractivity contribution in [1.29, 1.82) is 0 Å². The number of pyridine rings is 1. The van der Waals surface area contributed by atoms with Gasteiger partial charge in [-0.3, -0.25) is 9.48 Å². The van der Waals surface area contributed by atoms with E-state index in [0.29, 0.717) is 5.69 Å². The topological polar surface area (TPSA) is 124 Å². The Balaban J connectivity index is 1.93. The van der Waals surface area contributed by atoms with E-state index in [9.17, 15) is 13.6 Å². The van der Waals surface area contributed by atoms with E-state index in [4.69, 9.17) is 11.5 Å². The number of carbonyl (C=O) groups excluding carboxylic acids is 1. The summed E-state index contributed by atoms with van der Waals surface area (Å²) in [6.07, 6.45) is 4.30. The van der Waals surface area contributed by atoms with Crippen molar-refractivity contribution in [3.8, 4) is 0 Å². The Hall–Kier alpha value is -3.27. The van der Waals surface area contributed by atoms with Crippen LogP contribution in [0.4, 0.5) is 26.1 Å². The monoisotopic (exact) mass is 445 g/mol. The Morgan fingerprint density at radius 3 is 2.72 bits per heavy atom. The minimum absolute atomic E-state index is 0.00672. The lowest BCUT2D eigenvalue weighted by Crippen LogP contribution is -2.38. The van der Waals surface area contributed by atoms with Gasteiger partial charge in [-0.05, 0) is 37.6 Å². The van der Waals surface area contributed by atoms with Crippen LogP contribution in [-0.4, -0.2) is 39.4 Å². The fraction of sp³-hybridized carbons (Fsp3) is 0.409. The van der Waals surface area contributed by atoms with Crippen LogP contribution in [0, 0.1) is 5.82 Å². The molecule has 1 amide bonds. The molecule has 3 rings (SSSR count). The molecule has 172 valence electrons. The second kappa shape index (κ2) is 10.4. The number of alkyl halides is 1. The van der Waals surface area contributed by atoms with Crippen molar-refractivity contribution in [2.45, 2.75) is 51.7 Å². The van der Waals surface area contributed by atoms with Crippen molar-refractivity contribution >= 4 is 34.1 Å². The fourth-order valence-electron chi connectivity index (χ4n) is 3.50. The molecule has 0 saturated carbocycles. The van der Waals surface area contributed by atoms with Crippen LogP contribution in [0.5, 0.6) is 0 Å². The maximum atomic E-state index is 14.7. The molecule has 0 bridgehead atoms. The van der Waals surface area contributed by atoms with Crippen molar-refractivity contribution < 1.29 is 13.6 Å². The molecule has 0 unspecified atom stereocenters. The number of aryl methyl sites for hydroxylation is 1. The van der Waals surface area contributed by atoms with Gasteiger partial charge in [0.05, 0.1) is 23.8 Å². The predicted molar refractivity (Wildman–Crippen MR) is 122 cm³/mol. The summed E-state index contributed by atoms with van der Waals surface area (Å²) in [7, 11) is 0. The molecule has 2 aromatic heterocycles. The van der Waals surface area contributed by atoms with Gasteiger partial charge < -0.3 is 22.1 Å². The minimum Gasteiger partial charge on any atom is -0.365 e. The second-order valence-electron chi connectivity index (χ2n) is 7.79. The molecule has 2 atom stereocenters. The van der Waals surface area contributed by atoms with Crippen LogP contribution in [0.15, 0.2) is 30.5 Å². The van der Waals surface area contributed by atoms with Crippen molar-refractivity contribution in [3.05, 3.63) is 41.8 Å². The van der Waals surface area contributed by atoms with Gasteiger partial charge in [0.25, 0.3) is 5.91 Å². The quantitative estimate of drug-likeness (QED) is 0.357. The Labute approximate surface area is 185 Å². The number of amides is 1. The summed E-state index contributed by atoms with van der Waals surface area (Å²) in [4.78, 5) is 16.2. The summed E-state index contributed by atoms with van der Waals surface area (Å²) < 4.78 is 29.0. The van der Waals surface area contributed by atoms with Crippen LogP contribution in [0.25, 0.3) is 10.9 Å². The van der Waals surface area contributed by atoms with Gasteiger partial charge >= 0.3 is 0 Å². The fourth-order valence-corrected chi connectivity index (χ4v) is 3.50. The first-order valence-electron chi connectivity index (χ1n) is 10.6. The van der Waals surface area contributed by atoms with E-state index in [-0.39, 0.29) is 35.8 Å². The predicted octanol–water partition coefficient (Wildman–Crippen LogP) is 3.70. The number of hydrogen-bond donors (Lipinski definition) is 4. The van der Waals surface area contributed by atoms with Gasteiger partial charge in [0.2, 0.25) is 0 Å². The van der Waals surface area contributed by atoms with Gasteiger partial charge in [-0.2, -0.15) is 5.10 Å². The number of rotatable bonds is 11. The van der Waals surface area contributed by atoms with Crippen LogP contribution in [-0.2, 0) is 6.54 Å².